The van der Waals surface area contributed by atoms with Gasteiger partial charge in [-0.15, -0.1) is 0 Å². The fraction of sp³-hybridized carbons (Fsp3) is 1.00. The second-order valence-corrected chi connectivity index (χ2v) is 10.4. The van der Waals surface area contributed by atoms with E-state index >= 15 is 0 Å². The van der Waals surface area contributed by atoms with Crippen LogP contribution in [0.1, 0.15) is 79.1 Å². The maximum Gasteiger partial charge on any atom is 0.0675 e. The van der Waals surface area contributed by atoms with E-state index in [1.807, 2.05) is 0 Å². The standard InChI is InChI=1S/C21H36O2/c1-13-11-15-16(19(2)8-5-14(22)12-18(13)19)6-9-20(3)17(15)7-10-21(20,4)23/h13-18,22-23H,5-12H2,1-4H3. The second kappa shape index (κ2) is 4.97. The Bertz CT molecular complexity index is 486. The van der Waals surface area contributed by atoms with Gasteiger partial charge in [-0.25, -0.2) is 0 Å². The molecule has 2 nitrogen and oxygen atoms in total. The number of hydrogen-bond acceptors (Lipinski definition) is 2. The molecule has 4 aliphatic carbocycles. The third-order valence-corrected chi connectivity index (χ3v) is 9.57. The highest BCUT2D eigenvalue weighted by Gasteiger charge is 2.64. The van der Waals surface area contributed by atoms with Crippen molar-refractivity contribution in [3.63, 3.8) is 0 Å². The second-order valence-electron chi connectivity index (χ2n) is 10.4. The predicted octanol–water partition coefficient (Wildman–Crippen LogP) is 4.39. The van der Waals surface area contributed by atoms with Crippen LogP contribution < -0.4 is 0 Å². The van der Waals surface area contributed by atoms with Crippen LogP contribution in [0.4, 0.5) is 0 Å². The quantitative estimate of drug-likeness (QED) is 0.695. The van der Waals surface area contributed by atoms with Crippen LogP contribution in [0, 0.1) is 40.4 Å². The molecule has 0 spiro atoms. The highest BCUT2D eigenvalue weighted by atomic mass is 16.3. The molecule has 0 bridgehead atoms. The molecule has 0 aromatic rings. The van der Waals surface area contributed by atoms with Gasteiger partial charge in [-0.05, 0) is 98.7 Å². The van der Waals surface area contributed by atoms with Gasteiger partial charge in [0.2, 0.25) is 0 Å². The average molecular weight is 321 g/mol. The van der Waals surface area contributed by atoms with E-state index in [9.17, 15) is 10.2 Å². The highest BCUT2D eigenvalue weighted by molar-refractivity contribution is 5.13. The topological polar surface area (TPSA) is 40.5 Å². The van der Waals surface area contributed by atoms with Crippen LogP contribution in [0.25, 0.3) is 0 Å². The largest absolute Gasteiger partial charge is 0.393 e. The first-order chi connectivity index (χ1) is 10.7. The van der Waals surface area contributed by atoms with Crippen LogP contribution in [0.3, 0.4) is 0 Å². The zero-order valence-corrected chi connectivity index (χ0v) is 15.5. The van der Waals surface area contributed by atoms with Crippen molar-refractivity contribution in [2.24, 2.45) is 40.4 Å². The Labute approximate surface area is 142 Å². The van der Waals surface area contributed by atoms with E-state index in [4.69, 9.17) is 0 Å². The van der Waals surface area contributed by atoms with Gasteiger partial charge in [-0.1, -0.05) is 20.8 Å². The van der Waals surface area contributed by atoms with Crippen molar-refractivity contribution < 1.29 is 10.2 Å². The Morgan fingerprint density at radius 3 is 2.26 bits per heavy atom. The van der Waals surface area contributed by atoms with Gasteiger partial charge in [0.1, 0.15) is 0 Å². The van der Waals surface area contributed by atoms with Gasteiger partial charge in [-0.3, -0.25) is 0 Å². The average Bonchev–Trinajstić information content (AvgIpc) is 2.72. The molecule has 0 amide bonds. The van der Waals surface area contributed by atoms with Crippen molar-refractivity contribution in [1.29, 1.82) is 0 Å². The Kier molecular flexibility index (Phi) is 3.54. The van der Waals surface area contributed by atoms with E-state index in [2.05, 4.69) is 27.7 Å². The van der Waals surface area contributed by atoms with Gasteiger partial charge in [0.05, 0.1) is 11.7 Å². The van der Waals surface area contributed by atoms with Crippen LogP contribution in [-0.4, -0.2) is 21.9 Å². The summed E-state index contributed by atoms with van der Waals surface area (Å²) < 4.78 is 0. The smallest absolute Gasteiger partial charge is 0.0675 e. The van der Waals surface area contributed by atoms with E-state index < -0.39 is 5.60 Å². The van der Waals surface area contributed by atoms with E-state index in [0.717, 1.165) is 37.0 Å². The number of rotatable bonds is 0. The van der Waals surface area contributed by atoms with Gasteiger partial charge >= 0.3 is 0 Å². The lowest BCUT2D eigenvalue weighted by Crippen LogP contribution is -2.58. The van der Waals surface area contributed by atoms with Crippen molar-refractivity contribution >= 4 is 0 Å². The lowest BCUT2D eigenvalue weighted by Gasteiger charge is -2.63. The van der Waals surface area contributed by atoms with Crippen LogP contribution in [0.15, 0.2) is 0 Å². The van der Waals surface area contributed by atoms with Crippen LogP contribution in [-0.2, 0) is 0 Å². The van der Waals surface area contributed by atoms with Gasteiger partial charge < -0.3 is 10.2 Å². The van der Waals surface area contributed by atoms with Gasteiger partial charge in [-0.2, -0.15) is 0 Å². The van der Waals surface area contributed by atoms with Crippen LogP contribution >= 0.6 is 0 Å². The molecular weight excluding hydrogens is 284 g/mol. The number of aliphatic hydroxyl groups is 2. The minimum Gasteiger partial charge on any atom is -0.393 e. The van der Waals surface area contributed by atoms with Crippen molar-refractivity contribution in [2.75, 3.05) is 0 Å². The fourth-order valence-corrected chi connectivity index (χ4v) is 7.96. The van der Waals surface area contributed by atoms with E-state index in [1.165, 1.54) is 32.1 Å². The number of fused-ring (bicyclic) bond motifs is 5. The molecule has 0 aliphatic heterocycles. The highest BCUT2D eigenvalue weighted by Crippen LogP contribution is 2.68. The SMILES string of the molecule is CC1CC2C(CCC3(C)C2CCC3(C)O)C2(C)CCC(O)CC12. The summed E-state index contributed by atoms with van der Waals surface area (Å²) in [7, 11) is 0. The summed E-state index contributed by atoms with van der Waals surface area (Å²) in [6.45, 7) is 9.47. The maximum atomic E-state index is 11.0. The van der Waals surface area contributed by atoms with Crippen molar-refractivity contribution in [3.05, 3.63) is 0 Å². The van der Waals surface area contributed by atoms with E-state index in [1.54, 1.807) is 0 Å². The lowest BCUT2D eigenvalue weighted by molar-refractivity contribution is -0.167. The summed E-state index contributed by atoms with van der Waals surface area (Å²) in [6.07, 6.45) is 9.22. The molecule has 0 aromatic heterocycles. The third kappa shape index (κ3) is 2.06. The van der Waals surface area contributed by atoms with Gasteiger partial charge in [0, 0.05) is 0 Å². The molecule has 4 fully saturated rings. The Morgan fingerprint density at radius 1 is 0.826 bits per heavy atom. The molecule has 0 aromatic carbocycles. The predicted molar refractivity (Wildman–Crippen MR) is 92.9 cm³/mol. The molecule has 9 unspecified atom stereocenters. The fourth-order valence-electron chi connectivity index (χ4n) is 7.96. The number of hydrogen-bond donors (Lipinski definition) is 2. The lowest BCUT2D eigenvalue weighted by atomic mass is 9.42. The van der Waals surface area contributed by atoms with Crippen LogP contribution in [0.5, 0.6) is 0 Å². The van der Waals surface area contributed by atoms with E-state index in [-0.39, 0.29) is 11.5 Å². The zero-order chi connectivity index (χ0) is 16.6. The zero-order valence-electron chi connectivity index (χ0n) is 15.5. The minimum absolute atomic E-state index is 0.0619. The Morgan fingerprint density at radius 2 is 1.52 bits per heavy atom. The molecule has 0 radical (unpaired) electrons. The van der Waals surface area contributed by atoms with Gasteiger partial charge in [0.25, 0.3) is 0 Å². The molecule has 0 heterocycles. The summed E-state index contributed by atoms with van der Waals surface area (Å²) in [5, 5.41) is 21.2. The summed E-state index contributed by atoms with van der Waals surface area (Å²) in [6, 6.07) is 0. The molecule has 4 saturated carbocycles. The normalized spacial score (nSPS) is 62.3. The first kappa shape index (κ1) is 16.4. The van der Waals surface area contributed by atoms with E-state index in [0.29, 0.717) is 17.3 Å². The van der Waals surface area contributed by atoms with Gasteiger partial charge in [0.15, 0.2) is 0 Å². The molecule has 23 heavy (non-hydrogen) atoms. The summed E-state index contributed by atoms with van der Waals surface area (Å²) in [5.74, 6) is 3.77. The minimum atomic E-state index is -0.466. The van der Waals surface area contributed by atoms with Crippen molar-refractivity contribution in [3.8, 4) is 0 Å². The molecule has 9 atom stereocenters. The molecule has 132 valence electrons. The first-order valence-electron chi connectivity index (χ1n) is 10.1. The maximum absolute atomic E-state index is 11.0. The van der Waals surface area contributed by atoms with Crippen molar-refractivity contribution in [2.45, 2.75) is 90.8 Å². The molecule has 4 aliphatic rings. The van der Waals surface area contributed by atoms with Crippen molar-refractivity contribution in [1.82, 2.24) is 0 Å². The molecule has 2 N–H and O–H groups in total. The Hall–Kier alpha value is -0.0800. The molecule has 2 heteroatoms. The van der Waals surface area contributed by atoms with Crippen LogP contribution in [0.2, 0.25) is 0 Å². The first-order valence-corrected chi connectivity index (χ1v) is 10.1. The summed E-state index contributed by atoms with van der Waals surface area (Å²) in [4.78, 5) is 0. The summed E-state index contributed by atoms with van der Waals surface area (Å²) >= 11 is 0. The Balaban J connectivity index is 1.68. The monoisotopic (exact) mass is 320 g/mol. The number of aliphatic hydroxyl groups excluding tert-OH is 1. The molecule has 0 saturated heterocycles. The summed E-state index contributed by atoms with van der Waals surface area (Å²) in [5.41, 5.74) is 0.0923. The molecule has 4 rings (SSSR count). The third-order valence-electron chi connectivity index (χ3n) is 9.57. The molecular formula is C21H36O2.